The number of rotatable bonds is 2. The Kier molecular flexibility index (Phi) is 3.27. The van der Waals surface area contributed by atoms with Gasteiger partial charge in [-0.15, -0.1) is 0 Å². The van der Waals surface area contributed by atoms with E-state index in [2.05, 4.69) is 9.97 Å². The summed E-state index contributed by atoms with van der Waals surface area (Å²) in [6.07, 6.45) is 7.36. The molecule has 0 spiro atoms. The summed E-state index contributed by atoms with van der Waals surface area (Å²) in [6.45, 7) is 1.79. The molecule has 0 radical (unpaired) electrons. The molecule has 0 bridgehead atoms. The van der Waals surface area contributed by atoms with Gasteiger partial charge in [0.1, 0.15) is 11.5 Å². The highest BCUT2D eigenvalue weighted by Crippen LogP contribution is 2.25. The Hall–Kier alpha value is -1.32. The minimum Gasteiger partial charge on any atom is -0.393 e. The van der Waals surface area contributed by atoms with Gasteiger partial charge < -0.3 is 10.7 Å². The van der Waals surface area contributed by atoms with Crippen LogP contribution in [-0.4, -0.2) is 9.97 Å². The molecular formula is C12H19N3O. The number of hydrogen-bond donors (Lipinski definition) is 2. The number of nitrogens with zero attached hydrogens (tertiary/aromatic N) is 1. The second kappa shape index (κ2) is 4.68. The van der Waals surface area contributed by atoms with Crippen molar-refractivity contribution in [3.05, 3.63) is 21.9 Å². The summed E-state index contributed by atoms with van der Waals surface area (Å²) >= 11 is 0. The Balaban J connectivity index is 2.12. The van der Waals surface area contributed by atoms with Crippen LogP contribution in [0.15, 0.2) is 4.79 Å². The van der Waals surface area contributed by atoms with Crippen molar-refractivity contribution in [3.8, 4) is 0 Å². The Morgan fingerprint density at radius 2 is 2.06 bits per heavy atom. The van der Waals surface area contributed by atoms with Crippen LogP contribution in [0.2, 0.25) is 0 Å². The molecule has 1 aromatic heterocycles. The number of nitrogens with two attached hydrogens (primary N) is 1. The van der Waals surface area contributed by atoms with Gasteiger partial charge in [0.15, 0.2) is 0 Å². The maximum absolute atomic E-state index is 11.5. The lowest BCUT2D eigenvalue weighted by Gasteiger charge is -2.20. The Morgan fingerprint density at radius 1 is 1.38 bits per heavy atom. The van der Waals surface area contributed by atoms with Gasteiger partial charge in [-0.25, -0.2) is 4.98 Å². The van der Waals surface area contributed by atoms with E-state index in [0.717, 1.165) is 12.2 Å². The summed E-state index contributed by atoms with van der Waals surface area (Å²) in [5.41, 5.74) is 6.27. The minimum absolute atomic E-state index is 0.196. The van der Waals surface area contributed by atoms with Crippen molar-refractivity contribution < 1.29 is 0 Å². The Labute approximate surface area is 95.3 Å². The Morgan fingerprint density at radius 3 is 2.69 bits per heavy atom. The van der Waals surface area contributed by atoms with Gasteiger partial charge in [-0.1, -0.05) is 32.1 Å². The molecule has 0 unspecified atom stereocenters. The number of aromatic amines is 1. The van der Waals surface area contributed by atoms with E-state index in [1.54, 1.807) is 6.92 Å². The summed E-state index contributed by atoms with van der Waals surface area (Å²) in [4.78, 5) is 18.6. The van der Waals surface area contributed by atoms with E-state index in [0.29, 0.717) is 11.6 Å². The monoisotopic (exact) mass is 221 g/mol. The molecule has 0 saturated heterocycles. The molecule has 0 aliphatic heterocycles. The van der Waals surface area contributed by atoms with Crippen molar-refractivity contribution in [1.29, 1.82) is 0 Å². The van der Waals surface area contributed by atoms with E-state index in [9.17, 15) is 4.79 Å². The summed E-state index contributed by atoms with van der Waals surface area (Å²) < 4.78 is 0. The number of nitrogen functional groups attached to an aromatic ring is 1. The fraction of sp³-hybridized carbons (Fsp3) is 0.667. The van der Waals surface area contributed by atoms with E-state index < -0.39 is 0 Å². The fourth-order valence-corrected chi connectivity index (χ4v) is 2.41. The van der Waals surface area contributed by atoms with Crippen LogP contribution in [0.25, 0.3) is 0 Å². The maximum atomic E-state index is 11.5. The second-order valence-corrected chi connectivity index (χ2v) is 4.72. The van der Waals surface area contributed by atoms with Crippen molar-refractivity contribution in [2.24, 2.45) is 5.92 Å². The molecule has 4 heteroatoms. The summed E-state index contributed by atoms with van der Waals surface area (Å²) in [5, 5.41) is 0. The van der Waals surface area contributed by atoms with Gasteiger partial charge in [0.2, 0.25) is 0 Å². The number of H-pyrrole nitrogens is 1. The van der Waals surface area contributed by atoms with Crippen LogP contribution in [0.4, 0.5) is 5.69 Å². The molecule has 16 heavy (non-hydrogen) atoms. The van der Waals surface area contributed by atoms with Crippen LogP contribution < -0.4 is 11.3 Å². The summed E-state index contributed by atoms with van der Waals surface area (Å²) in [7, 11) is 0. The number of anilines is 1. The first-order valence-electron chi connectivity index (χ1n) is 6.02. The van der Waals surface area contributed by atoms with Gasteiger partial charge in [-0.2, -0.15) is 0 Å². The van der Waals surface area contributed by atoms with Gasteiger partial charge in [-0.05, 0) is 12.8 Å². The number of nitrogens with one attached hydrogen (secondary N) is 1. The van der Waals surface area contributed by atoms with Gasteiger partial charge in [0, 0.05) is 6.42 Å². The predicted molar refractivity (Wildman–Crippen MR) is 64.3 cm³/mol. The van der Waals surface area contributed by atoms with Crippen molar-refractivity contribution in [1.82, 2.24) is 9.97 Å². The van der Waals surface area contributed by atoms with Gasteiger partial charge >= 0.3 is 0 Å². The molecule has 2 rings (SSSR count). The second-order valence-electron chi connectivity index (χ2n) is 4.72. The van der Waals surface area contributed by atoms with Crippen LogP contribution in [0.1, 0.15) is 43.6 Å². The van der Waals surface area contributed by atoms with Crippen LogP contribution in [0.3, 0.4) is 0 Å². The van der Waals surface area contributed by atoms with Gasteiger partial charge in [0.25, 0.3) is 5.56 Å². The third-order valence-corrected chi connectivity index (χ3v) is 3.40. The summed E-state index contributed by atoms with van der Waals surface area (Å²) in [5.74, 6) is 1.48. The average molecular weight is 221 g/mol. The van der Waals surface area contributed by atoms with Crippen molar-refractivity contribution >= 4 is 5.69 Å². The highest BCUT2D eigenvalue weighted by Gasteiger charge is 2.15. The lowest BCUT2D eigenvalue weighted by molar-refractivity contribution is 0.351. The first kappa shape index (κ1) is 11.2. The zero-order chi connectivity index (χ0) is 11.5. The molecule has 0 aromatic carbocycles. The van der Waals surface area contributed by atoms with Gasteiger partial charge in [-0.3, -0.25) is 4.79 Å². The van der Waals surface area contributed by atoms with Crippen LogP contribution in [0.5, 0.6) is 0 Å². The highest BCUT2D eigenvalue weighted by molar-refractivity contribution is 5.39. The molecule has 88 valence electrons. The van der Waals surface area contributed by atoms with Crippen LogP contribution in [0, 0.1) is 12.8 Å². The third kappa shape index (κ3) is 2.43. The first-order chi connectivity index (χ1) is 7.66. The topological polar surface area (TPSA) is 71.8 Å². The molecule has 1 fully saturated rings. The van der Waals surface area contributed by atoms with E-state index in [1.807, 2.05) is 0 Å². The number of hydrogen-bond acceptors (Lipinski definition) is 3. The molecular weight excluding hydrogens is 202 g/mol. The molecule has 1 saturated carbocycles. The van der Waals surface area contributed by atoms with Gasteiger partial charge in [0.05, 0.1) is 5.69 Å². The maximum Gasteiger partial charge on any atom is 0.274 e. The first-order valence-corrected chi connectivity index (χ1v) is 6.02. The molecule has 1 heterocycles. The van der Waals surface area contributed by atoms with E-state index in [-0.39, 0.29) is 11.2 Å². The zero-order valence-corrected chi connectivity index (χ0v) is 9.75. The largest absolute Gasteiger partial charge is 0.393 e. The minimum atomic E-state index is -0.196. The Bertz CT molecular complexity index is 419. The lowest BCUT2D eigenvalue weighted by Crippen LogP contribution is -2.20. The average Bonchev–Trinajstić information content (AvgIpc) is 2.27. The van der Waals surface area contributed by atoms with Crippen molar-refractivity contribution in [2.75, 3.05) is 5.73 Å². The molecule has 4 nitrogen and oxygen atoms in total. The molecule has 3 N–H and O–H groups in total. The normalized spacial score (nSPS) is 17.6. The molecule has 1 aromatic rings. The molecule has 1 aliphatic rings. The molecule has 0 atom stereocenters. The fourth-order valence-electron chi connectivity index (χ4n) is 2.41. The smallest absolute Gasteiger partial charge is 0.274 e. The standard InChI is InChI=1S/C12H19N3O/c1-8-11(13)12(16)15-10(14-8)7-9-5-3-2-4-6-9/h9H,2-7,13H2,1H3,(H,14,15,16). The van der Waals surface area contributed by atoms with E-state index in [4.69, 9.17) is 5.73 Å². The highest BCUT2D eigenvalue weighted by atomic mass is 16.1. The van der Waals surface area contributed by atoms with Crippen molar-refractivity contribution in [2.45, 2.75) is 45.4 Å². The third-order valence-electron chi connectivity index (χ3n) is 3.40. The molecule has 1 aliphatic carbocycles. The lowest BCUT2D eigenvalue weighted by atomic mass is 9.87. The van der Waals surface area contributed by atoms with Crippen molar-refractivity contribution in [3.63, 3.8) is 0 Å². The van der Waals surface area contributed by atoms with Crippen LogP contribution >= 0.6 is 0 Å². The quantitative estimate of drug-likeness (QED) is 0.799. The SMILES string of the molecule is Cc1nc(CC2CCCCC2)[nH]c(=O)c1N. The summed E-state index contributed by atoms with van der Waals surface area (Å²) in [6, 6.07) is 0. The van der Waals surface area contributed by atoms with E-state index >= 15 is 0 Å². The number of aromatic nitrogens is 2. The van der Waals surface area contributed by atoms with E-state index in [1.165, 1.54) is 32.1 Å². The van der Waals surface area contributed by atoms with Crippen LogP contribution in [-0.2, 0) is 6.42 Å². The zero-order valence-electron chi connectivity index (χ0n) is 9.75. The number of aryl methyl sites for hydroxylation is 1. The molecule has 0 amide bonds. The predicted octanol–water partition coefficient (Wildman–Crippen LogP) is 1.78.